The van der Waals surface area contributed by atoms with Gasteiger partial charge < -0.3 is 14.4 Å². The van der Waals surface area contributed by atoms with Gasteiger partial charge in [-0.2, -0.15) is 0 Å². The number of imidazole rings is 2. The Morgan fingerprint density at radius 1 is 1.09 bits per heavy atom. The van der Waals surface area contributed by atoms with Crippen LogP contribution in [0.2, 0.25) is 0 Å². The first-order valence-corrected chi connectivity index (χ1v) is 11.8. The van der Waals surface area contributed by atoms with E-state index in [1.165, 1.54) is 0 Å². The predicted molar refractivity (Wildman–Crippen MR) is 125 cm³/mol. The zero-order valence-corrected chi connectivity index (χ0v) is 19.5. The van der Waals surface area contributed by atoms with Crippen LogP contribution in [0.4, 0.5) is 0 Å². The molecule has 5 rings (SSSR count). The van der Waals surface area contributed by atoms with Crippen LogP contribution >= 0.6 is 11.3 Å². The summed E-state index contributed by atoms with van der Waals surface area (Å²) in [5.74, 6) is 1.57. The fraction of sp³-hybridized carbons (Fsp3) is 0.391. The minimum absolute atomic E-state index is 0.00986. The van der Waals surface area contributed by atoms with Gasteiger partial charge in [0.1, 0.15) is 11.5 Å². The topological polar surface area (TPSA) is 71.6 Å². The van der Waals surface area contributed by atoms with Gasteiger partial charge in [-0.25, -0.2) is 15.0 Å². The van der Waals surface area contributed by atoms with Crippen LogP contribution in [-0.2, 0) is 6.54 Å². The molecule has 9 heteroatoms. The molecular weight excluding hydrogens is 422 g/mol. The van der Waals surface area contributed by atoms with Crippen molar-refractivity contribution in [2.24, 2.45) is 0 Å². The van der Waals surface area contributed by atoms with Crippen LogP contribution in [-0.4, -0.2) is 72.9 Å². The molecule has 1 fully saturated rings. The number of aryl methyl sites for hydroxylation is 2. The Bertz CT molecular complexity index is 1270. The van der Waals surface area contributed by atoms with E-state index < -0.39 is 0 Å². The second-order valence-corrected chi connectivity index (χ2v) is 9.41. The van der Waals surface area contributed by atoms with Gasteiger partial charge in [0.05, 0.1) is 22.8 Å². The predicted octanol–water partition coefficient (Wildman–Crippen LogP) is 3.10. The maximum Gasteiger partial charge on any atom is 0.274 e. The summed E-state index contributed by atoms with van der Waals surface area (Å²) in [7, 11) is 2.10. The minimum Gasteiger partial charge on any atom is -0.336 e. The highest BCUT2D eigenvalue weighted by Crippen LogP contribution is 2.24. The number of aromatic nitrogens is 5. The Hall–Kier alpha value is -3.04. The highest BCUT2D eigenvalue weighted by atomic mass is 32.1. The van der Waals surface area contributed by atoms with Crippen molar-refractivity contribution in [3.05, 3.63) is 58.2 Å². The van der Waals surface area contributed by atoms with E-state index in [1.807, 2.05) is 53.7 Å². The number of fused-ring (bicyclic) bond motifs is 1. The molecule has 166 valence electrons. The molecule has 0 spiro atoms. The minimum atomic E-state index is -0.00986. The largest absolute Gasteiger partial charge is 0.336 e. The van der Waals surface area contributed by atoms with Gasteiger partial charge in [-0.1, -0.05) is 6.07 Å². The van der Waals surface area contributed by atoms with Gasteiger partial charge in [0.2, 0.25) is 0 Å². The van der Waals surface area contributed by atoms with E-state index in [1.54, 1.807) is 11.3 Å². The molecule has 32 heavy (non-hydrogen) atoms. The molecule has 0 aliphatic carbocycles. The highest BCUT2D eigenvalue weighted by Gasteiger charge is 2.25. The average molecular weight is 450 g/mol. The summed E-state index contributed by atoms with van der Waals surface area (Å²) in [6, 6.07) is 5.85. The van der Waals surface area contributed by atoms with Crippen molar-refractivity contribution in [2.75, 3.05) is 33.2 Å². The number of hydrogen-bond donors (Lipinski definition) is 0. The summed E-state index contributed by atoms with van der Waals surface area (Å²) in [6.45, 7) is 8.02. The van der Waals surface area contributed by atoms with Crippen molar-refractivity contribution < 1.29 is 4.79 Å². The molecule has 0 atom stereocenters. The Kier molecular flexibility index (Phi) is 5.52. The number of likely N-dealkylation sites (N-methyl/N-ethyl adjacent to an activating group) is 1. The van der Waals surface area contributed by atoms with Crippen molar-refractivity contribution in [3.63, 3.8) is 0 Å². The summed E-state index contributed by atoms with van der Waals surface area (Å²) in [6.07, 6.45) is 4.92. The van der Waals surface area contributed by atoms with E-state index in [4.69, 9.17) is 9.97 Å². The Morgan fingerprint density at radius 2 is 1.97 bits per heavy atom. The van der Waals surface area contributed by atoms with E-state index in [2.05, 4.69) is 26.9 Å². The van der Waals surface area contributed by atoms with Crippen molar-refractivity contribution in [1.29, 1.82) is 0 Å². The number of amides is 1. The van der Waals surface area contributed by atoms with Gasteiger partial charge in [-0.3, -0.25) is 9.20 Å². The molecule has 1 aliphatic rings. The van der Waals surface area contributed by atoms with Crippen molar-refractivity contribution >= 4 is 22.8 Å². The first kappa shape index (κ1) is 20.8. The molecule has 5 heterocycles. The third kappa shape index (κ3) is 3.93. The van der Waals surface area contributed by atoms with E-state index in [-0.39, 0.29) is 5.91 Å². The van der Waals surface area contributed by atoms with Crippen LogP contribution in [0, 0.1) is 13.8 Å². The number of rotatable bonds is 4. The second-order valence-electron chi connectivity index (χ2n) is 8.35. The normalized spacial score (nSPS) is 15.4. The van der Waals surface area contributed by atoms with Gasteiger partial charge in [-0.05, 0) is 46.0 Å². The second kappa shape index (κ2) is 8.48. The van der Waals surface area contributed by atoms with Gasteiger partial charge in [0, 0.05) is 37.4 Å². The zero-order chi connectivity index (χ0) is 22.2. The zero-order valence-electron chi connectivity index (χ0n) is 18.7. The molecule has 8 nitrogen and oxygen atoms in total. The number of thiazole rings is 1. The molecular formula is C23H27N7OS. The monoisotopic (exact) mass is 449 g/mol. The summed E-state index contributed by atoms with van der Waals surface area (Å²) < 4.78 is 4.05. The van der Waals surface area contributed by atoms with Gasteiger partial charge in [0.25, 0.3) is 5.91 Å². The van der Waals surface area contributed by atoms with Crippen molar-refractivity contribution in [1.82, 2.24) is 33.7 Å². The number of carbonyl (C=O) groups is 1. The first-order valence-electron chi connectivity index (χ1n) is 10.9. The van der Waals surface area contributed by atoms with Gasteiger partial charge >= 0.3 is 0 Å². The standard InChI is InChI=1S/C23H27N7OS/c1-16-24-19(14-29(16)13-18-15-32-17(2)25-18)22-26-21(20-7-4-5-10-30(20)22)23(31)28-9-6-8-27(3)11-12-28/h4-5,7,10,14-15H,6,8-9,11-13H2,1-3H3. The summed E-state index contributed by atoms with van der Waals surface area (Å²) in [5, 5.41) is 3.13. The summed E-state index contributed by atoms with van der Waals surface area (Å²) in [5.41, 5.74) is 3.08. The first-order chi connectivity index (χ1) is 15.5. The molecule has 1 aliphatic heterocycles. The average Bonchev–Trinajstić information content (AvgIpc) is 3.42. The number of carbonyl (C=O) groups excluding carboxylic acids is 1. The lowest BCUT2D eigenvalue weighted by Crippen LogP contribution is -2.34. The third-order valence-electron chi connectivity index (χ3n) is 5.96. The molecule has 0 radical (unpaired) electrons. The molecule has 4 aromatic rings. The van der Waals surface area contributed by atoms with Crippen molar-refractivity contribution in [2.45, 2.75) is 26.8 Å². The molecule has 0 bridgehead atoms. The quantitative estimate of drug-likeness (QED) is 0.479. The number of hydrogen-bond acceptors (Lipinski definition) is 6. The number of pyridine rings is 1. The maximum absolute atomic E-state index is 13.4. The van der Waals surface area contributed by atoms with E-state index in [9.17, 15) is 4.79 Å². The molecule has 0 unspecified atom stereocenters. The Balaban J connectivity index is 1.50. The molecule has 1 saturated heterocycles. The van der Waals surface area contributed by atoms with Crippen LogP contribution < -0.4 is 0 Å². The molecule has 0 N–H and O–H groups in total. The fourth-order valence-corrected chi connectivity index (χ4v) is 4.81. The van der Waals surface area contributed by atoms with E-state index in [0.717, 1.165) is 60.3 Å². The van der Waals surface area contributed by atoms with Gasteiger partial charge in [-0.15, -0.1) is 11.3 Å². The lowest BCUT2D eigenvalue weighted by molar-refractivity contribution is 0.0759. The van der Waals surface area contributed by atoms with Crippen LogP contribution in [0.5, 0.6) is 0 Å². The van der Waals surface area contributed by atoms with Crippen LogP contribution in [0.15, 0.2) is 36.0 Å². The van der Waals surface area contributed by atoms with Crippen LogP contribution in [0.3, 0.4) is 0 Å². The maximum atomic E-state index is 13.4. The lowest BCUT2D eigenvalue weighted by Gasteiger charge is -2.19. The fourth-order valence-electron chi connectivity index (χ4n) is 4.21. The molecule has 4 aromatic heterocycles. The lowest BCUT2D eigenvalue weighted by atomic mass is 10.3. The smallest absolute Gasteiger partial charge is 0.274 e. The third-order valence-corrected chi connectivity index (χ3v) is 6.78. The van der Waals surface area contributed by atoms with Crippen LogP contribution in [0.25, 0.3) is 17.0 Å². The van der Waals surface area contributed by atoms with E-state index >= 15 is 0 Å². The molecule has 0 saturated carbocycles. The Labute approximate surface area is 191 Å². The number of nitrogens with zero attached hydrogens (tertiary/aromatic N) is 7. The SMILES string of the molecule is Cc1nc(Cn2cc(-c3nc(C(=O)N4CCCN(C)CC4)c4ccccn34)nc2C)cs1. The van der Waals surface area contributed by atoms with Crippen molar-refractivity contribution in [3.8, 4) is 11.5 Å². The summed E-state index contributed by atoms with van der Waals surface area (Å²) >= 11 is 1.65. The van der Waals surface area contributed by atoms with E-state index in [0.29, 0.717) is 18.1 Å². The Morgan fingerprint density at radius 3 is 2.78 bits per heavy atom. The van der Waals surface area contributed by atoms with Crippen LogP contribution in [0.1, 0.15) is 33.4 Å². The molecule has 1 amide bonds. The molecule has 0 aromatic carbocycles. The summed E-state index contributed by atoms with van der Waals surface area (Å²) in [4.78, 5) is 31.8. The van der Waals surface area contributed by atoms with Gasteiger partial charge in [0.15, 0.2) is 11.5 Å². The highest BCUT2D eigenvalue weighted by molar-refractivity contribution is 7.09.